The Bertz CT molecular complexity index is 440. The first-order valence-electron chi connectivity index (χ1n) is 4.48. The smallest absolute Gasteiger partial charge is 0.222 e. The summed E-state index contributed by atoms with van der Waals surface area (Å²) in [6, 6.07) is 7.55. The standard InChI is InChI=1S/C9H9BrN4O/c1-2-15-8-5-3-7(4-6-8)14-9(10)11-12-13-14/h3-6H,2H2,1H3. The Balaban J connectivity index is 2.28. The maximum atomic E-state index is 5.34. The molecule has 0 atom stereocenters. The molecule has 0 N–H and O–H groups in total. The number of aromatic nitrogens is 4. The number of rotatable bonds is 3. The van der Waals surface area contributed by atoms with Crippen molar-refractivity contribution in [2.75, 3.05) is 6.61 Å². The van der Waals surface area contributed by atoms with Crippen molar-refractivity contribution in [3.05, 3.63) is 29.0 Å². The maximum absolute atomic E-state index is 5.34. The highest BCUT2D eigenvalue weighted by atomic mass is 79.9. The summed E-state index contributed by atoms with van der Waals surface area (Å²) in [5.41, 5.74) is 0.885. The minimum Gasteiger partial charge on any atom is -0.494 e. The Labute approximate surface area is 95.2 Å². The molecule has 0 saturated heterocycles. The lowest BCUT2D eigenvalue weighted by molar-refractivity contribution is 0.340. The lowest BCUT2D eigenvalue weighted by Crippen LogP contribution is -1.97. The SMILES string of the molecule is CCOc1ccc(-n2nnnc2Br)cc1. The topological polar surface area (TPSA) is 52.8 Å². The van der Waals surface area contributed by atoms with Crippen LogP contribution in [0.5, 0.6) is 5.75 Å². The summed E-state index contributed by atoms with van der Waals surface area (Å²) in [5, 5.41) is 11.1. The van der Waals surface area contributed by atoms with Gasteiger partial charge in [0.1, 0.15) is 5.75 Å². The maximum Gasteiger partial charge on any atom is 0.222 e. The monoisotopic (exact) mass is 268 g/mol. The highest BCUT2D eigenvalue weighted by molar-refractivity contribution is 9.10. The van der Waals surface area contributed by atoms with E-state index in [0.717, 1.165) is 11.4 Å². The largest absolute Gasteiger partial charge is 0.494 e. The van der Waals surface area contributed by atoms with Gasteiger partial charge in [-0.2, -0.15) is 4.68 Å². The summed E-state index contributed by atoms with van der Waals surface area (Å²) in [6.07, 6.45) is 0. The van der Waals surface area contributed by atoms with Crippen molar-refractivity contribution in [2.24, 2.45) is 0 Å². The van der Waals surface area contributed by atoms with Gasteiger partial charge in [-0.3, -0.25) is 0 Å². The van der Waals surface area contributed by atoms with E-state index in [4.69, 9.17) is 4.74 Å². The molecular formula is C9H9BrN4O. The van der Waals surface area contributed by atoms with Gasteiger partial charge in [0.2, 0.25) is 4.73 Å². The summed E-state index contributed by atoms with van der Waals surface area (Å²) < 4.78 is 7.50. The fourth-order valence-electron chi connectivity index (χ4n) is 1.18. The predicted octanol–water partition coefficient (Wildman–Crippen LogP) is 1.82. The van der Waals surface area contributed by atoms with Crippen molar-refractivity contribution in [3.8, 4) is 11.4 Å². The first-order valence-corrected chi connectivity index (χ1v) is 5.27. The molecule has 1 aromatic carbocycles. The van der Waals surface area contributed by atoms with E-state index in [1.54, 1.807) is 4.68 Å². The van der Waals surface area contributed by atoms with Gasteiger partial charge in [0.15, 0.2) is 0 Å². The van der Waals surface area contributed by atoms with E-state index in [9.17, 15) is 0 Å². The van der Waals surface area contributed by atoms with Crippen molar-refractivity contribution in [1.29, 1.82) is 0 Å². The average Bonchev–Trinajstić information content (AvgIpc) is 2.66. The summed E-state index contributed by atoms with van der Waals surface area (Å²) in [7, 11) is 0. The lowest BCUT2D eigenvalue weighted by atomic mass is 10.3. The van der Waals surface area contributed by atoms with E-state index in [1.807, 2.05) is 31.2 Å². The Kier molecular flexibility index (Phi) is 2.96. The fraction of sp³-hybridized carbons (Fsp3) is 0.222. The molecule has 2 rings (SSSR count). The van der Waals surface area contributed by atoms with Crippen LogP contribution in [0.3, 0.4) is 0 Å². The van der Waals surface area contributed by atoms with E-state index >= 15 is 0 Å². The summed E-state index contributed by atoms with van der Waals surface area (Å²) in [5.74, 6) is 0.838. The molecule has 0 aliphatic heterocycles. The molecule has 0 fully saturated rings. The van der Waals surface area contributed by atoms with Crippen LogP contribution in [0.1, 0.15) is 6.92 Å². The van der Waals surface area contributed by atoms with E-state index in [1.165, 1.54) is 0 Å². The minimum absolute atomic E-state index is 0.576. The van der Waals surface area contributed by atoms with Crippen LogP contribution < -0.4 is 4.74 Å². The number of benzene rings is 1. The first-order chi connectivity index (χ1) is 7.31. The second-order valence-corrected chi connectivity index (χ2v) is 3.50. The molecule has 0 unspecified atom stereocenters. The summed E-state index contributed by atoms with van der Waals surface area (Å²) in [6.45, 7) is 2.61. The van der Waals surface area contributed by atoms with Crippen molar-refractivity contribution < 1.29 is 4.74 Å². The molecule has 15 heavy (non-hydrogen) atoms. The fourth-order valence-corrected chi connectivity index (χ4v) is 1.53. The number of ether oxygens (including phenoxy) is 1. The van der Waals surface area contributed by atoms with Gasteiger partial charge in [-0.05, 0) is 57.5 Å². The molecule has 0 saturated carbocycles. The molecule has 1 heterocycles. The molecule has 0 radical (unpaired) electrons. The van der Waals surface area contributed by atoms with Crippen LogP contribution in [0, 0.1) is 0 Å². The highest BCUT2D eigenvalue weighted by Crippen LogP contribution is 2.16. The highest BCUT2D eigenvalue weighted by Gasteiger charge is 2.04. The minimum atomic E-state index is 0.576. The summed E-state index contributed by atoms with van der Waals surface area (Å²) >= 11 is 3.25. The number of hydrogen-bond donors (Lipinski definition) is 0. The molecule has 0 amide bonds. The van der Waals surface area contributed by atoms with Crippen molar-refractivity contribution in [1.82, 2.24) is 20.2 Å². The van der Waals surface area contributed by atoms with Gasteiger partial charge in [-0.25, -0.2) is 0 Å². The molecule has 2 aromatic rings. The average molecular weight is 269 g/mol. The van der Waals surface area contributed by atoms with Crippen LogP contribution in [0.15, 0.2) is 29.0 Å². The number of hydrogen-bond acceptors (Lipinski definition) is 4. The van der Waals surface area contributed by atoms with Crippen LogP contribution in [0.2, 0.25) is 0 Å². The molecule has 0 aliphatic rings. The second kappa shape index (κ2) is 4.39. The van der Waals surface area contributed by atoms with E-state index < -0.39 is 0 Å². The molecule has 78 valence electrons. The number of halogens is 1. The van der Waals surface area contributed by atoms with E-state index in [0.29, 0.717) is 11.3 Å². The first kappa shape index (κ1) is 10.1. The zero-order valence-corrected chi connectivity index (χ0v) is 9.68. The quantitative estimate of drug-likeness (QED) is 0.852. The van der Waals surface area contributed by atoms with Gasteiger partial charge in [0, 0.05) is 0 Å². The molecule has 1 aromatic heterocycles. The van der Waals surface area contributed by atoms with Gasteiger partial charge < -0.3 is 4.74 Å². The normalized spacial score (nSPS) is 10.3. The molecule has 0 spiro atoms. The van der Waals surface area contributed by atoms with Crippen LogP contribution in [0.25, 0.3) is 5.69 Å². The van der Waals surface area contributed by atoms with Crippen molar-refractivity contribution in [3.63, 3.8) is 0 Å². The number of tetrazole rings is 1. The van der Waals surface area contributed by atoms with Crippen LogP contribution in [-0.4, -0.2) is 26.8 Å². The lowest BCUT2D eigenvalue weighted by Gasteiger charge is -2.04. The second-order valence-electron chi connectivity index (χ2n) is 2.79. The number of nitrogens with zero attached hydrogens (tertiary/aromatic N) is 4. The molecule has 5 nitrogen and oxygen atoms in total. The predicted molar refractivity (Wildman–Crippen MR) is 58.0 cm³/mol. The Morgan fingerprint density at radius 3 is 2.60 bits per heavy atom. The Morgan fingerprint density at radius 2 is 2.07 bits per heavy atom. The van der Waals surface area contributed by atoms with E-state index in [-0.39, 0.29) is 0 Å². The van der Waals surface area contributed by atoms with Gasteiger partial charge in [0.25, 0.3) is 0 Å². The van der Waals surface area contributed by atoms with Crippen LogP contribution >= 0.6 is 15.9 Å². The molecule has 0 bridgehead atoms. The van der Waals surface area contributed by atoms with Crippen molar-refractivity contribution >= 4 is 15.9 Å². The van der Waals surface area contributed by atoms with Gasteiger partial charge >= 0.3 is 0 Å². The van der Waals surface area contributed by atoms with Gasteiger partial charge in [0.05, 0.1) is 12.3 Å². The van der Waals surface area contributed by atoms with Crippen LogP contribution in [0.4, 0.5) is 0 Å². The molecular weight excluding hydrogens is 260 g/mol. The Morgan fingerprint density at radius 1 is 1.33 bits per heavy atom. The van der Waals surface area contributed by atoms with E-state index in [2.05, 4.69) is 31.5 Å². The zero-order valence-electron chi connectivity index (χ0n) is 8.09. The Hall–Kier alpha value is -1.43. The van der Waals surface area contributed by atoms with Gasteiger partial charge in [-0.1, -0.05) is 0 Å². The third kappa shape index (κ3) is 2.15. The van der Waals surface area contributed by atoms with Crippen LogP contribution in [-0.2, 0) is 0 Å². The molecule has 0 aliphatic carbocycles. The summed E-state index contributed by atoms with van der Waals surface area (Å²) in [4.78, 5) is 0. The zero-order chi connectivity index (χ0) is 10.7. The molecule has 6 heteroatoms. The third-order valence-electron chi connectivity index (χ3n) is 1.82. The van der Waals surface area contributed by atoms with Gasteiger partial charge in [-0.15, -0.1) is 5.10 Å². The van der Waals surface area contributed by atoms with Crippen molar-refractivity contribution in [2.45, 2.75) is 6.92 Å². The third-order valence-corrected chi connectivity index (χ3v) is 2.32.